The van der Waals surface area contributed by atoms with E-state index in [1.165, 1.54) is 0 Å². The molecule has 0 saturated heterocycles. The van der Waals surface area contributed by atoms with Crippen molar-refractivity contribution in [2.75, 3.05) is 18.6 Å². The zero-order chi connectivity index (χ0) is 18.9. The quantitative estimate of drug-likeness (QED) is 0.726. The van der Waals surface area contributed by atoms with Gasteiger partial charge in [0.15, 0.2) is 0 Å². The second kappa shape index (κ2) is 6.90. The average molecular weight is 353 g/mol. The van der Waals surface area contributed by atoms with Gasteiger partial charge in [-0.15, -0.1) is 0 Å². The Hall–Kier alpha value is -2.69. The number of anilines is 1. The monoisotopic (exact) mass is 353 g/mol. The molecule has 0 fully saturated rings. The van der Waals surface area contributed by atoms with Crippen LogP contribution in [0, 0.1) is 5.82 Å². The molecule has 0 bridgehead atoms. The number of ether oxygens (including phenoxy) is 1. The van der Waals surface area contributed by atoms with Crippen molar-refractivity contribution in [3.8, 4) is 5.88 Å². The number of nitrogens with zero attached hydrogens (tertiary/aromatic N) is 3. The highest BCUT2D eigenvalue weighted by Crippen LogP contribution is 2.39. The smallest absolute Gasteiger partial charge is 0.213 e. The van der Waals surface area contributed by atoms with Gasteiger partial charge >= 0.3 is 0 Å². The van der Waals surface area contributed by atoms with E-state index in [1.807, 2.05) is 6.07 Å². The van der Waals surface area contributed by atoms with Crippen LogP contribution in [0.3, 0.4) is 0 Å². The lowest BCUT2D eigenvalue weighted by Gasteiger charge is -2.42. The van der Waals surface area contributed by atoms with E-state index in [0.717, 1.165) is 23.4 Å². The van der Waals surface area contributed by atoms with Crippen molar-refractivity contribution in [2.24, 2.45) is 4.99 Å². The number of methoxy groups -OCH3 is 1. The molecule has 0 saturated carbocycles. The van der Waals surface area contributed by atoms with Crippen molar-refractivity contribution in [1.82, 2.24) is 4.98 Å². The van der Waals surface area contributed by atoms with Crippen molar-refractivity contribution in [3.63, 3.8) is 0 Å². The van der Waals surface area contributed by atoms with Crippen molar-refractivity contribution in [3.05, 3.63) is 53.5 Å². The summed E-state index contributed by atoms with van der Waals surface area (Å²) in [6.07, 6.45) is 5.37. The van der Waals surface area contributed by atoms with Gasteiger partial charge in [0, 0.05) is 35.6 Å². The molecule has 1 aliphatic heterocycles. The largest absolute Gasteiger partial charge is 0.481 e. The van der Waals surface area contributed by atoms with Gasteiger partial charge in [0.2, 0.25) is 5.88 Å². The summed E-state index contributed by atoms with van der Waals surface area (Å²) >= 11 is 0. The SMILES string of the molecule is CCN1c2cc(F)c(C=Nc3ccc(OC)nc3)cc2C(C)=CC1(C)C. The summed E-state index contributed by atoms with van der Waals surface area (Å²) in [7, 11) is 1.56. The van der Waals surface area contributed by atoms with Crippen LogP contribution in [-0.2, 0) is 0 Å². The van der Waals surface area contributed by atoms with Crippen LogP contribution >= 0.6 is 0 Å². The Balaban J connectivity index is 1.98. The fourth-order valence-corrected chi connectivity index (χ4v) is 3.51. The molecule has 0 amide bonds. The molecular weight excluding hydrogens is 329 g/mol. The predicted molar refractivity (Wildman–Crippen MR) is 105 cm³/mol. The highest BCUT2D eigenvalue weighted by atomic mass is 19.1. The van der Waals surface area contributed by atoms with E-state index in [4.69, 9.17) is 4.74 Å². The average Bonchev–Trinajstić information content (AvgIpc) is 2.60. The van der Waals surface area contributed by atoms with Gasteiger partial charge in [-0.25, -0.2) is 9.37 Å². The number of hydrogen-bond acceptors (Lipinski definition) is 4. The van der Waals surface area contributed by atoms with Crippen LogP contribution in [0.25, 0.3) is 5.57 Å². The van der Waals surface area contributed by atoms with E-state index in [0.29, 0.717) is 17.1 Å². The van der Waals surface area contributed by atoms with Gasteiger partial charge in [-0.1, -0.05) is 6.08 Å². The van der Waals surface area contributed by atoms with Crippen LogP contribution in [0.15, 0.2) is 41.5 Å². The number of aromatic nitrogens is 1. The van der Waals surface area contributed by atoms with E-state index >= 15 is 0 Å². The molecule has 0 N–H and O–H groups in total. The maximum absolute atomic E-state index is 14.7. The first-order chi connectivity index (χ1) is 12.4. The van der Waals surface area contributed by atoms with Gasteiger partial charge in [-0.3, -0.25) is 4.99 Å². The van der Waals surface area contributed by atoms with Gasteiger partial charge < -0.3 is 9.64 Å². The van der Waals surface area contributed by atoms with Gasteiger partial charge in [-0.05, 0) is 51.5 Å². The Kier molecular flexibility index (Phi) is 4.81. The summed E-state index contributed by atoms with van der Waals surface area (Å²) in [6.45, 7) is 9.26. The molecule has 5 heteroatoms. The number of aliphatic imine (C=N–C) groups is 1. The molecule has 4 nitrogen and oxygen atoms in total. The van der Waals surface area contributed by atoms with E-state index in [1.54, 1.807) is 37.7 Å². The molecule has 0 spiro atoms. The van der Waals surface area contributed by atoms with Crippen LogP contribution in [0.1, 0.15) is 38.8 Å². The summed E-state index contributed by atoms with van der Waals surface area (Å²) in [5.74, 6) is 0.241. The van der Waals surface area contributed by atoms with Crippen molar-refractivity contribution >= 4 is 23.2 Å². The predicted octanol–water partition coefficient (Wildman–Crippen LogP) is 5.00. The molecule has 0 atom stereocenters. The second-order valence-corrected chi connectivity index (χ2v) is 6.93. The first-order valence-electron chi connectivity index (χ1n) is 8.71. The van der Waals surface area contributed by atoms with Gasteiger partial charge in [0.05, 0.1) is 24.5 Å². The summed E-state index contributed by atoms with van der Waals surface area (Å²) < 4.78 is 19.7. The Labute approximate surface area is 154 Å². The molecule has 3 rings (SSSR count). The van der Waals surface area contributed by atoms with Gasteiger partial charge in [0.1, 0.15) is 5.82 Å². The molecule has 2 heterocycles. The highest BCUT2D eigenvalue weighted by molar-refractivity contribution is 5.89. The van der Waals surface area contributed by atoms with Crippen LogP contribution in [0.5, 0.6) is 5.88 Å². The molecule has 0 aliphatic carbocycles. The van der Waals surface area contributed by atoms with E-state index in [9.17, 15) is 4.39 Å². The van der Waals surface area contributed by atoms with Crippen LogP contribution in [0.4, 0.5) is 15.8 Å². The topological polar surface area (TPSA) is 37.7 Å². The lowest BCUT2D eigenvalue weighted by Crippen LogP contribution is -2.45. The lowest BCUT2D eigenvalue weighted by molar-refractivity contribution is 0.398. The number of pyridine rings is 1. The number of likely N-dealkylation sites (N-methyl/N-ethyl adjacent to an activating group) is 1. The minimum absolute atomic E-state index is 0.136. The zero-order valence-corrected chi connectivity index (χ0v) is 15.9. The summed E-state index contributed by atoms with van der Waals surface area (Å²) in [5, 5.41) is 0. The molecule has 2 aromatic rings. The highest BCUT2D eigenvalue weighted by Gasteiger charge is 2.30. The minimum Gasteiger partial charge on any atom is -0.481 e. The molecule has 1 aliphatic rings. The molecule has 1 aromatic carbocycles. The maximum atomic E-state index is 14.7. The molecular formula is C21H24FN3O. The number of halogens is 1. The Morgan fingerprint density at radius 1 is 1.31 bits per heavy atom. The third-order valence-electron chi connectivity index (χ3n) is 4.69. The third kappa shape index (κ3) is 3.34. The summed E-state index contributed by atoms with van der Waals surface area (Å²) in [6, 6.07) is 6.99. The minimum atomic E-state index is -0.280. The normalized spacial score (nSPS) is 15.8. The van der Waals surface area contributed by atoms with Crippen LogP contribution in [-0.4, -0.2) is 30.4 Å². The first-order valence-corrected chi connectivity index (χ1v) is 8.71. The second-order valence-electron chi connectivity index (χ2n) is 6.93. The fourth-order valence-electron chi connectivity index (χ4n) is 3.51. The molecule has 26 heavy (non-hydrogen) atoms. The van der Waals surface area contributed by atoms with Crippen LogP contribution < -0.4 is 9.64 Å². The number of allylic oxidation sites excluding steroid dienone is 1. The summed E-state index contributed by atoms with van der Waals surface area (Å²) in [4.78, 5) is 10.7. The molecule has 136 valence electrons. The molecule has 0 unspecified atom stereocenters. The standard InChI is InChI=1S/C21H24FN3O/c1-6-25-19-10-18(22)15(9-17(19)14(2)11-21(25,3)4)12-23-16-7-8-20(26-5)24-13-16/h7-13H,6H2,1-5H3. The summed E-state index contributed by atoms with van der Waals surface area (Å²) in [5.41, 5.74) is 4.09. The Morgan fingerprint density at radius 3 is 2.69 bits per heavy atom. The van der Waals surface area contributed by atoms with Crippen molar-refractivity contribution in [2.45, 2.75) is 33.2 Å². The first kappa shape index (κ1) is 18.1. The van der Waals surface area contributed by atoms with Crippen molar-refractivity contribution in [1.29, 1.82) is 0 Å². The van der Waals surface area contributed by atoms with E-state index in [-0.39, 0.29) is 11.4 Å². The molecule has 0 radical (unpaired) electrons. The van der Waals surface area contributed by atoms with E-state index < -0.39 is 0 Å². The van der Waals surface area contributed by atoms with Gasteiger partial charge in [-0.2, -0.15) is 0 Å². The fraction of sp³-hybridized carbons (Fsp3) is 0.333. The third-order valence-corrected chi connectivity index (χ3v) is 4.69. The maximum Gasteiger partial charge on any atom is 0.213 e. The zero-order valence-electron chi connectivity index (χ0n) is 15.9. The number of benzene rings is 1. The Morgan fingerprint density at radius 2 is 2.08 bits per heavy atom. The van der Waals surface area contributed by atoms with Crippen LogP contribution in [0.2, 0.25) is 0 Å². The van der Waals surface area contributed by atoms with Crippen molar-refractivity contribution < 1.29 is 9.13 Å². The number of rotatable bonds is 4. The number of fused-ring (bicyclic) bond motifs is 1. The van der Waals surface area contributed by atoms with E-state index in [2.05, 4.69) is 48.6 Å². The molecule has 1 aromatic heterocycles. The number of hydrogen-bond donors (Lipinski definition) is 0. The Bertz CT molecular complexity index is 870. The van der Waals surface area contributed by atoms with Gasteiger partial charge in [0.25, 0.3) is 0 Å². The lowest BCUT2D eigenvalue weighted by atomic mass is 9.88.